The lowest BCUT2D eigenvalue weighted by atomic mass is 10.0. The lowest BCUT2D eigenvalue weighted by molar-refractivity contribution is -0.138. The number of anilines is 1. The second-order valence-electron chi connectivity index (χ2n) is 9.11. The van der Waals surface area contributed by atoms with Gasteiger partial charge in [-0.1, -0.05) is 0 Å². The molecule has 2 unspecified atom stereocenters. The number of alkyl halides is 7. The Kier molecular flexibility index (Phi) is 7.87. The van der Waals surface area contributed by atoms with Crippen LogP contribution in [0.25, 0.3) is 22.0 Å². The second-order valence-corrected chi connectivity index (χ2v) is 9.11. The Hall–Kier alpha value is -4.37. The predicted octanol–water partition coefficient (Wildman–Crippen LogP) is 5.69. The zero-order valence-electron chi connectivity index (χ0n) is 20.7. The average molecular weight is 591 g/mol. The van der Waals surface area contributed by atoms with Crippen molar-refractivity contribution in [3.05, 3.63) is 86.3 Å². The number of aromatic amines is 1. The van der Waals surface area contributed by atoms with Gasteiger partial charge in [0, 0.05) is 30.4 Å². The van der Waals surface area contributed by atoms with Crippen molar-refractivity contribution in [2.75, 3.05) is 5.32 Å². The van der Waals surface area contributed by atoms with Crippen LogP contribution >= 0.6 is 0 Å². The Morgan fingerprint density at radius 1 is 1.00 bits per heavy atom. The molecular formula is C25H18F9N5O2. The molecule has 41 heavy (non-hydrogen) atoms. The number of pyridine rings is 2. The Balaban J connectivity index is 1.54. The highest BCUT2D eigenvalue weighted by Gasteiger charge is 2.37. The number of fused-ring (bicyclic) bond motifs is 1. The summed E-state index contributed by atoms with van der Waals surface area (Å²) in [6, 6.07) is 2.22. The summed E-state index contributed by atoms with van der Waals surface area (Å²) in [7, 11) is 0. The molecule has 0 aliphatic heterocycles. The van der Waals surface area contributed by atoms with Crippen molar-refractivity contribution in [3.8, 4) is 11.3 Å². The van der Waals surface area contributed by atoms with E-state index in [2.05, 4.69) is 15.4 Å². The van der Waals surface area contributed by atoms with E-state index in [4.69, 9.17) is 0 Å². The van der Waals surface area contributed by atoms with E-state index in [0.717, 1.165) is 29.1 Å². The van der Waals surface area contributed by atoms with Gasteiger partial charge >= 0.3 is 12.4 Å². The van der Waals surface area contributed by atoms with Gasteiger partial charge < -0.3 is 9.88 Å². The predicted molar refractivity (Wildman–Crippen MR) is 129 cm³/mol. The van der Waals surface area contributed by atoms with E-state index < -0.39 is 88.4 Å². The molecule has 7 nitrogen and oxygen atoms in total. The highest BCUT2D eigenvalue weighted by atomic mass is 19.4. The van der Waals surface area contributed by atoms with Crippen LogP contribution in [0.3, 0.4) is 0 Å². The molecule has 0 amide bonds. The Bertz CT molecular complexity index is 1710. The first-order chi connectivity index (χ1) is 19.1. The van der Waals surface area contributed by atoms with Crippen molar-refractivity contribution >= 4 is 16.5 Å². The van der Waals surface area contributed by atoms with Crippen molar-refractivity contribution in [2.24, 2.45) is 0 Å². The van der Waals surface area contributed by atoms with Crippen molar-refractivity contribution in [1.82, 2.24) is 19.7 Å². The molecule has 0 saturated carbocycles. The third-order valence-electron chi connectivity index (χ3n) is 6.03. The van der Waals surface area contributed by atoms with Gasteiger partial charge in [0.05, 0.1) is 29.4 Å². The SMILES string of the molecule is CC(CC(F)Cn1ccc2cc(-c3ncc(C(F)(F)F)cc3F)c(F)cc2c1=O)Nc1cn[nH]c(=O)c1C(F)(F)F. The molecule has 0 radical (unpaired) electrons. The largest absolute Gasteiger partial charge is 0.423 e. The summed E-state index contributed by atoms with van der Waals surface area (Å²) in [5, 5.41) is 7.19. The molecule has 4 aromatic rings. The number of H-pyrrole nitrogens is 1. The maximum Gasteiger partial charge on any atom is 0.423 e. The zero-order chi connectivity index (χ0) is 30.3. The van der Waals surface area contributed by atoms with E-state index in [9.17, 15) is 49.1 Å². The molecule has 218 valence electrons. The summed E-state index contributed by atoms with van der Waals surface area (Å²) in [4.78, 5) is 27.9. The summed E-state index contributed by atoms with van der Waals surface area (Å²) >= 11 is 0. The molecule has 0 bridgehead atoms. The normalized spacial score (nSPS) is 13.8. The molecule has 0 saturated heterocycles. The van der Waals surface area contributed by atoms with E-state index in [0.29, 0.717) is 6.20 Å². The summed E-state index contributed by atoms with van der Waals surface area (Å²) in [6.45, 7) is 0.779. The van der Waals surface area contributed by atoms with Crippen LogP contribution in [0.4, 0.5) is 45.2 Å². The number of nitrogens with one attached hydrogen (secondary N) is 2. The lowest BCUT2D eigenvalue weighted by Gasteiger charge is -2.20. The number of hydrogen-bond donors (Lipinski definition) is 2. The third kappa shape index (κ3) is 6.36. The van der Waals surface area contributed by atoms with Crippen molar-refractivity contribution < 1.29 is 39.5 Å². The first kappa shape index (κ1) is 29.6. The van der Waals surface area contributed by atoms with Crippen LogP contribution in [-0.4, -0.2) is 32.0 Å². The van der Waals surface area contributed by atoms with E-state index in [1.54, 1.807) is 5.10 Å². The van der Waals surface area contributed by atoms with Crippen LogP contribution in [0.5, 0.6) is 0 Å². The monoisotopic (exact) mass is 591 g/mol. The molecule has 0 aliphatic rings. The van der Waals surface area contributed by atoms with Gasteiger partial charge in [0.25, 0.3) is 11.1 Å². The van der Waals surface area contributed by atoms with Crippen LogP contribution < -0.4 is 16.4 Å². The van der Waals surface area contributed by atoms with Gasteiger partial charge in [0.15, 0.2) is 0 Å². The van der Waals surface area contributed by atoms with Gasteiger partial charge in [-0.3, -0.25) is 14.6 Å². The van der Waals surface area contributed by atoms with E-state index in [1.807, 2.05) is 0 Å². The Morgan fingerprint density at radius 2 is 1.71 bits per heavy atom. The molecule has 3 aromatic heterocycles. The van der Waals surface area contributed by atoms with Crippen molar-refractivity contribution in [3.63, 3.8) is 0 Å². The molecule has 1 aromatic carbocycles. The first-order valence-corrected chi connectivity index (χ1v) is 11.7. The van der Waals surface area contributed by atoms with E-state index >= 15 is 0 Å². The number of aromatic nitrogens is 4. The summed E-state index contributed by atoms with van der Waals surface area (Å²) in [5.74, 6) is -2.60. The minimum Gasteiger partial charge on any atom is -0.381 e. The average Bonchev–Trinajstić information content (AvgIpc) is 2.84. The lowest BCUT2D eigenvalue weighted by Crippen LogP contribution is -2.30. The topological polar surface area (TPSA) is 92.7 Å². The Labute approximate surface area is 223 Å². The van der Waals surface area contributed by atoms with Gasteiger partial charge in [0.1, 0.15) is 29.1 Å². The maximum absolute atomic E-state index is 14.9. The van der Waals surface area contributed by atoms with Gasteiger partial charge in [-0.2, -0.15) is 31.4 Å². The highest BCUT2D eigenvalue weighted by Crippen LogP contribution is 2.34. The van der Waals surface area contributed by atoms with Gasteiger partial charge in [-0.25, -0.2) is 18.3 Å². The van der Waals surface area contributed by atoms with Gasteiger partial charge in [-0.05, 0) is 36.6 Å². The van der Waals surface area contributed by atoms with Crippen LogP contribution in [0.1, 0.15) is 24.5 Å². The van der Waals surface area contributed by atoms with E-state index in [1.165, 1.54) is 13.0 Å². The van der Waals surface area contributed by atoms with Crippen LogP contribution in [0.2, 0.25) is 0 Å². The molecule has 3 heterocycles. The summed E-state index contributed by atoms with van der Waals surface area (Å²) in [6.07, 6.45) is -9.84. The molecule has 0 fully saturated rings. The fourth-order valence-corrected chi connectivity index (χ4v) is 4.21. The fraction of sp³-hybridized carbons (Fsp3) is 0.280. The molecule has 16 heteroatoms. The first-order valence-electron chi connectivity index (χ1n) is 11.7. The molecule has 0 aliphatic carbocycles. The second kappa shape index (κ2) is 10.9. The number of benzene rings is 1. The minimum absolute atomic E-state index is 0.0654. The van der Waals surface area contributed by atoms with Crippen molar-refractivity contribution in [1.29, 1.82) is 0 Å². The molecule has 2 N–H and O–H groups in total. The number of rotatable bonds is 7. The number of halogens is 9. The molecule has 2 atom stereocenters. The minimum atomic E-state index is -5.00. The van der Waals surface area contributed by atoms with Gasteiger partial charge in [0.2, 0.25) is 0 Å². The number of nitrogens with zero attached hydrogens (tertiary/aromatic N) is 3. The molecule has 4 rings (SSSR count). The Morgan fingerprint density at radius 3 is 2.34 bits per heavy atom. The summed E-state index contributed by atoms with van der Waals surface area (Å²) < 4.78 is 123. The van der Waals surface area contributed by atoms with Gasteiger partial charge in [-0.15, -0.1) is 0 Å². The smallest absolute Gasteiger partial charge is 0.381 e. The van der Waals surface area contributed by atoms with Crippen LogP contribution in [-0.2, 0) is 18.9 Å². The van der Waals surface area contributed by atoms with E-state index in [-0.39, 0.29) is 16.8 Å². The van der Waals surface area contributed by atoms with Crippen molar-refractivity contribution in [2.45, 2.75) is 44.5 Å². The quantitative estimate of drug-likeness (QED) is 0.270. The zero-order valence-corrected chi connectivity index (χ0v) is 20.7. The molecular weight excluding hydrogens is 573 g/mol. The summed E-state index contributed by atoms with van der Waals surface area (Å²) in [5.41, 5.74) is -7.12. The highest BCUT2D eigenvalue weighted by molar-refractivity contribution is 5.86. The maximum atomic E-state index is 14.9. The fourth-order valence-electron chi connectivity index (χ4n) is 4.21. The molecule has 0 spiro atoms. The van der Waals surface area contributed by atoms with Crippen LogP contribution in [0, 0.1) is 11.6 Å². The third-order valence-corrected chi connectivity index (χ3v) is 6.03. The standard InChI is InChI=1S/C25H18F9N5O2/c1-11(37-19-9-36-38-22(40)20(19)25(32,33)34)4-14(26)10-39-3-2-12-5-16(17(27)7-15(12)23(39)41)21-18(28)6-13(8-35-21)24(29,30)31/h2-3,5-9,11,14H,4,10H2,1H3,(H2,37,38,40). The van der Waals surface area contributed by atoms with Crippen LogP contribution in [0.15, 0.2) is 52.4 Å². The number of hydrogen-bond acceptors (Lipinski definition) is 5.